The van der Waals surface area contributed by atoms with Gasteiger partial charge in [0.15, 0.2) is 0 Å². The van der Waals surface area contributed by atoms with Gasteiger partial charge >= 0.3 is 0 Å². The molecule has 8 heteroatoms. The van der Waals surface area contributed by atoms with Crippen molar-refractivity contribution in [3.63, 3.8) is 0 Å². The summed E-state index contributed by atoms with van der Waals surface area (Å²) in [6, 6.07) is 5.28. The van der Waals surface area contributed by atoms with E-state index in [-0.39, 0.29) is 30.1 Å². The zero-order valence-corrected chi connectivity index (χ0v) is 15.4. The monoisotopic (exact) mass is 373 g/mol. The number of carbonyl (C=O) groups excluding carboxylic acids is 1. The van der Waals surface area contributed by atoms with Gasteiger partial charge in [0.2, 0.25) is 15.9 Å². The van der Waals surface area contributed by atoms with E-state index in [0.717, 1.165) is 31.4 Å². The largest absolute Gasteiger partial charge is 0.325 e. The third-order valence-corrected chi connectivity index (χ3v) is 6.33. The number of rotatable bonds is 3. The molecule has 2 fully saturated rings. The van der Waals surface area contributed by atoms with Crippen molar-refractivity contribution in [3.8, 4) is 0 Å². The van der Waals surface area contributed by atoms with Gasteiger partial charge in [0.25, 0.3) is 0 Å². The summed E-state index contributed by atoms with van der Waals surface area (Å²) in [5.41, 5.74) is 2.20. The van der Waals surface area contributed by atoms with Crippen molar-refractivity contribution in [1.29, 1.82) is 0 Å². The zero-order chi connectivity index (χ0) is 16.4. The Kier molecular flexibility index (Phi) is 6.11. The van der Waals surface area contributed by atoms with Crippen molar-refractivity contribution in [2.75, 3.05) is 28.5 Å². The van der Waals surface area contributed by atoms with Crippen LogP contribution in [0.5, 0.6) is 0 Å². The maximum absolute atomic E-state index is 12.3. The van der Waals surface area contributed by atoms with Crippen LogP contribution in [0, 0.1) is 6.92 Å². The van der Waals surface area contributed by atoms with Crippen molar-refractivity contribution in [2.45, 2.75) is 38.6 Å². The molecule has 24 heavy (non-hydrogen) atoms. The van der Waals surface area contributed by atoms with Crippen LogP contribution < -0.4 is 14.9 Å². The number of hydrogen-bond acceptors (Lipinski definition) is 4. The lowest BCUT2D eigenvalue weighted by Gasteiger charge is -2.23. The summed E-state index contributed by atoms with van der Waals surface area (Å²) in [5.74, 6) is 0.137. The fourth-order valence-electron chi connectivity index (χ4n) is 3.17. The van der Waals surface area contributed by atoms with Gasteiger partial charge < -0.3 is 10.6 Å². The van der Waals surface area contributed by atoms with Crippen LogP contribution in [0.1, 0.15) is 31.2 Å². The summed E-state index contributed by atoms with van der Waals surface area (Å²) in [4.78, 5) is 12.3. The molecule has 0 bridgehead atoms. The standard InChI is InChI=1S/C16H23N3O3S.ClH/c1-12-6-7-13(18-16(20)14-5-2-3-8-17-14)11-15(12)19-9-4-10-23(19,21)22;/h6-7,11,14,17H,2-5,8-10H2,1H3,(H,18,20);1H. The van der Waals surface area contributed by atoms with E-state index in [1.54, 1.807) is 6.07 Å². The zero-order valence-electron chi connectivity index (χ0n) is 13.7. The Hall–Kier alpha value is -1.31. The third kappa shape index (κ3) is 4.02. The number of amides is 1. The summed E-state index contributed by atoms with van der Waals surface area (Å²) in [6.07, 6.45) is 3.64. The van der Waals surface area contributed by atoms with Gasteiger partial charge in [-0.25, -0.2) is 8.42 Å². The molecule has 2 aliphatic heterocycles. The first-order chi connectivity index (χ1) is 11.0. The lowest BCUT2D eigenvalue weighted by molar-refractivity contribution is -0.118. The molecule has 2 N–H and O–H groups in total. The molecule has 1 amide bonds. The molecular formula is C16H24ClN3O3S. The summed E-state index contributed by atoms with van der Waals surface area (Å²) >= 11 is 0. The van der Waals surface area contributed by atoms with Crippen molar-refractivity contribution in [1.82, 2.24) is 5.32 Å². The fraction of sp³-hybridized carbons (Fsp3) is 0.562. The minimum atomic E-state index is -3.22. The molecule has 0 aromatic heterocycles. The molecule has 0 spiro atoms. The molecule has 0 radical (unpaired) electrons. The Bertz CT molecular complexity index is 703. The van der Waals surface area contributed by atoms with Crippen LogP contribution in [0.15, 0.2) is 18.2 Å². The number of halogens is 1. The van der Waals surface area contributed by atoms with Gasteiger partial charge in [-0.1, -0.05) is 12.5 Å². The first-order valence-corrected chi connectivity index (χ1v) is 9.73. The Morgan fingerprint density at radius 2 is 2.08 bits per heavy atom. The molecule has 3 rings (SSSR count). The lowest BCUT2D eigenvalue weighted by atomic mass is 10.0. The molecule has 1 aromatic rings. The van der Waals surface area contributed by atoms with Crippen molar-refractivity contribution in [3.05, 3.63) is 23.8 Å². The number of carbonyl (C=O) groups is 1. The minimum absolute atomic E-state index is 0. The average molecular weight is 374 g/mol. The number of aryl methyl sites for hydroxylation is 1. The topological polar surface area (TPSA) is 78.5 Å². The Balaban J connectivity index is 0.00000208. The van der Waals surface area contributed by atoms with Crippen molar-refractivity contribution < 1.29 is 13.2 Å². The van der Waals surface area contributed by atoms with Crippen LogP contribution in [-0.2, 0) is 14.8 Å². The number of hydrogen-bond donors (Lipinski definition) is 2. The normalized spacial score (nSPS) is 22.7. The molecule has 6 nitrogen and oxygen atoms in total. The van der Waals surface area contributed by atoms with Crippen LogP contribution in [0.3, 0.4) is 0 Å². The minimum Gasteiger partial charge on any atom is -0.325 e. The van der Waals surface area contributed by atoms with E-state index >= 15 is 0 Å². The summed E-state index contributed by atoms with van der Waals surface area (Å²) in [6.45, 7) is 3.26. The molecule has 1 unspecified atom stereocenters. The predicted molar refractivity (Wildman–Crippen MR) is 98.4 cm³/mol. The second-order valence-electron chi connectivity index (χ2n) is 6.23. The fourth-order valence-corrected chi connectivity index (χ4v) is 4.79. The number of nitrogens with zero attached hydrogens (tertiary/aromatic N) is 1. The first kappa shape index (κ1) is 19.0. The molecule has 134 valence electrons. The van der Waals surface area contributed by atoms with E-state index < -0.39 is 10.0 Å². The van der Waals surface area contributed by atoms with Gasteiger partial charge in [-0.2, -0.15) is 0 Å². The maximum atomic E-state index is 12.3. The number of sulfonamides is 1. The molecule has 1 atom stereocenters. The highest BCUT2D eigenvalue weighted by molar-refractivity contribution is 7.93. The van der Waals surface area contributed by atoms with Gasteiger partial charge in [0.1, 0.15) is 0 Å². The van der Waals surface area contributed by atoms with Crippen LogP contribution in [-0.4, -0.2) is 39.2 Å². The molecule has 2 aliphatic rings. The summed E-state index contributed by atoms with van der Waals surface area (Å²) < 4.78 is 25.7. The molecule has 1 aromatic carbocycles. The highest BCUT2D eigenvalue weighted by atomic mass is 35.5. The maximum Gasteiger partial charge on any atom is 0.241 e. The molecular weight excluding hydrogens is 350 g/mol. The van der Waals surface area contributed by atoms with Crippen LogP contribution in [0.25, 0.3) is 0 Å². The number of piperidine rings is 1. The smallest absolute Gasteiger partial charge is 0.241 e. The number of nitrogens with one attached hydrogen (secondary N) is 2. The predicted octanol–water partition coefficient (Wildman–Crippen LogP) is 2.04. The van der Waals surface area contributed by atoms with Gasteiger partial charge in [-0.3, -0.25) is 9.10 Å². The van der Waals surface area contributed by atoms with Gasteiger partial charge in [-0.05, 0) is 50.4 Å². The molecule has 2 heterocycles. The molecule has 2 saturated heterocycles. The van der Waals surface area contributed by atoms with Gasteiger partial charge in [-0.15, -0.1) is 12.4 Å². The van der Waals surface area contributed by atoms with E-state index in [1.165, 1.54) is 4.31 Å². The highest BCUT2D eigenvalue weighted by Gasteiger charge is 2.29. The summed E-state index contributed by atoms with van der Waals surface area (Å²) in [5, 5.41) is 6.12. The highest BCUT2D eigenvalue weighted by Crippen LogP contribution is 2.30. The summed E-state index contributed by atoms with van der Waals surface area (Å²) in [7, 11) is -3.22. The van der Waals surface area contributed by atoms with E-state index in [9.17, 15) is 13.2 Å². The average Bonchev–Trinajstić information content (AvgIpc) is 2.89. The first-order valence-electron chi connectivity index (χ1n) is 8.13. The van der Waals surface area contributed by atoms with Crippen LogP contribution in [0.4, 0.5) is 11.4 Å². The Morgan fingerprint density at radius 1 is 1.29 bits per heavy atom. The third-order valence-electron chi connectivity index (χ3n) is 4.47. The van der Waals surface area contributed by atoms with Crippen molar-refractivity contribution >= 4 is 39.7 Å². The quantitative estimate of drug-likeness (QED) is 0.849. The van der Waals surface area contributed by atoms with Gasteiger partial charge in [0.05, 0.1) is 17.5 Å². The Morgan fingerprint density at radius 3 is 2.71 bits per heavy atom. The molecule has 0 saturated carbocycles. The second-order valence-corrected chi connectivity index (χ2v) is 8.25. The van der Waals surface area contributed by atoms with Crippen LogP contribution >= 0.6 is 12.4 Å². The molecule has 0 aliphatic carbocycles. The van der Waals surface area contributed by atoms with E-state index in [4.69, 9.17) is 0 Å². The number of anilines is 2. The second kappa shape index (κ2) is 7.72. The van der Waals surface area contributed by atoms with E-state index in [2.05, 4.69) is 10.6 Å². The Labute approximate surface area is 149 Å². The van der Waals surface area contributed by atoms with E-state index in [0.29, 0.717) is 24.3 Å². The van der Waals surface area contributed by atoms with E-state index in [1.807, 2.05) is 19.1 Å². The number of benzene rings is 1. The SMILES string of the molecule is Cc1ccc(NC(=O)C2CCCCN2)cc1N1CCCS1(=O)=O.Cl. The van der Waals surface area contributed by atoms with Crippen LogP contribution in [0.2, 0.25) is 0 Å². The van der Waals surface area contributed by atoms with Gasteiger partial charge in [0, 0.05) is 12.2 Å². The lowest BCUT2D eigenvalue weighted by Crippen LogP contribution is -2.43. The van der Waals surface area contributed by atoms with Crippen molar-refractivity contribution in [2.24, 2.45) is 0 Å².